The van der Waals surface area contributed by atoms with Gasteiger partial charge in [0.05, 0.1) is 7.11 Å². The van der Waals surface area contributed by atoms with E-state index >= 15 is 0 Å². The molecule has 0 fully saturated rings. The minimum Gasteiger partial charge on any atom is -0.479 e. The molecule has 2 rings (SSSR count). The van der Waals surface area contributed by atoms with Gasteiger partial charge in [0.15, 0.2) is 5.82 Å². The Morgan fingerprint density at radius 1 is 1.53 bits per heavy atom. The monoisotopic (exact) mass is 208 g/mol. The summed E-state index contributed by atoms with van der Waals surface area (Å²) in [6, 6.07) is 1.48. The van der Waals surface area contributed by atoms with Crippen molar-refractivity contribution in [3.8, 4) is 5.88 Å². The molecule has 1 aromatic rings. The molecule has 0 aromatic carbocycles. The van der Waals surface area contributed by atoms with Gasteiger partial charge >= 0.3 is 0 Å². The van der Waals surface area contributed by atoms with Crippen LogP contribution in [0.5, 0.6) is 5.88 Å². The van der Waals surface area contributed by atoms with Crippen LogP contribution < -0.4 is 10.1 Å². The van der Waals surface area contributed by atoms with Crippen LogP contribution in [0.1, 0.15) is 12.0 Å². The first-order chi connectivity index (χ1) is 7.31. The molecule has 4 heteroatoms. The number of nitrogens with zero attached hydrogens (tertiary/aromatic N) is 1. The van der Waals surface area contributed by atoms with Crippen molar-refractivity contribution in [2.75, 3.05) is 20.2 Å². The smallest absolute Gasteiger partial charge is 0.250 e. The molecule has 1 aliphatic heterocycles. The minimum absolute atomic E-state index is 0.0493. The van der Waals surface area contributed by atoms with Gasteiger partial charge in [0.1, 0.15) is 0 Å². The molecule has 0 unspecified atom stereocenters. The van der Waals surface area contributed by atoms with Crippen molar-refractivity contribution in [2.24, 2.45) is 0 Å². The normalized spacial score (nSPS) is 16.0. The Hall–Kier alpha value is -1.42. The summed E-state index contributed by atoms with van der Waals surface area (Å²) >= 11 is 0. The Balaban J connectivity index is 2.29. The number of ether oxygens (including phenoxy) is 1. The molecule has 2 heterocycles. The largest absolute Gasteiger partial charge is 0.479 e. The van der Waals surface area contributed by atoms with Crippen LogP contribution in [0.4, 0.5) is 4.39 Å². The van der Waals surface area contributed by atoms with Gasteiger partial charge in [0.25, 0.3) is 0 Å². The Labute approximate surface area is 88.0 Å². The number of halogens is 1. The van der Waals surface area contributed by atoms with Crippen LogP contribution in [0.3, 0.4) is 0 Å². The number of hydrogen-bond acceptors (Lipinski definition) is 3. The van der Waals surface area contributed by atoms with Gasteiger partial charge in [0, 0.05) is 12.7 Å². The third kappa shape index (κ3) is 2.15. The standard InChI is InChI=1S/C11H13FN2O/c1-15-11-10(12)6-9(7-14-11)8-2-4-13-5-3-8/h2,6-7,13H,3-5H2,1H3. The van der Waals surface area contributed by atoms with Crippen LogP contribution >= 0.6 is 0 Å². The highest BCUT2D eigenvalue weighted by Crippen LogP contribution is 2.22. The molecule has 0 atom stereocenters. The van der Waals surface area contributed by atoms with E-state index in [4.69, 9.17) is 4.74 Å². The number of aromatic nitrogens is 1. The second-order valence-electron chi connectivity index (χ2n) is 3.40. The highest BCUT2D eigenvalue weighted by atomic mass is 19.1. The predicted octanol–water partition coefficient (Wildman–Crippen LogP) is 1.61. The third-order valence-electron chi connectivity index (χ3n) is 2.44. The summed E-state index contributed by atoms with van der Waals surface area (Å²) < 4.78 is 18.1. The van der Waals surface area contributed by atoms with Gasteiger partial charge in [-0.05, 0) is 30.2 Å². The molecule has 3 nitrogen and oxygen atoms in total. The molecule has 1 N–H and O–H groups in total. The lowest BCUT2D eigenvalue weighted by atomic mass is 10.0. The molecule has 0 saturated heterocycles. The van der Waals surface area contributed by atoms with Crippen LogP contribution in [0.25, 0.3) is 5.57 Å². The first-order valence-corrected chi connectivity index (χ1v) is 4.91. The van der Waals surface area contributed by atoms with Gasteiger partial charge in [-0.2, -0.15) is 0 Å². The number of pyridine rings is 1. The number of rotatable bonds is 2. The fourth-order valence-corrected chi connectivity index (χ4v) is 1.64. The summed E-state index contributed by atoms with van der Waals surface area (Å²) in [7, 11) is 1.41. The fraction of sp³-hybridized carbons (Fsp3) is 0.364. The van der Waals surface area contributed by atoms with Gasteiger partial charge in [0.2, 0.25) is 5.88 Å². The summed E-state index contributed by atoms with van der Waals surface area (Å²) in [4.78, 5) is 3.91. The van der Waals surface area contributed by atoms with Crippen molar-refractivity contribution in [1.29, 1.82) is 0 Å². The van der Waals surface area contributed by atoms with E-state index in [-0.39, 0.29) is 5.88 Å². The zero-order valence-corrected chi connectivity index (χ0v) is 8.59. The number of hydrogen-bond donors (Lipinski definition) is 1. The average Bonchev–Trinajstić information content (AvgIpc) is 2.30. The first kappa shape index (κ1) is 10.1. The summed E-state index contributed by atoms with van der Waals surface area (Å²) in [6.45, 7) is 1.77. The molecule has 15 heavy (non-hydrogen) atoms. The Bertz CT molecular complexity index is 390. The lowest BCUT2D eigenvalue weighted by molar-refractivity contribution is 0.369. The minimum atomic E-state index is -0.408. The van der Waals surface area contributed by atoms with Gasteiger partial charge in [-0.25, -0.2) is 9.37 Å². The van der Waals surface area contributed by atoms with E-state index in [1.165, 1.54) is 13.2 Å². The van der Waals surface area contributed by atoms with Crippen molar-refractivity contribution in [3.05, 3.63) is 29.7 Å². The number of nitrogens with one attached hydrogen (secondary N) is 1. The topological polar surface area (TPSA) is 34.1 Å². The van der Waals surface area contributed by atoms with Crippen molar-refractivity contribution >= 4 is 5.57 Å². The second kappa shape index (κ2) is 4.40. The molecular formula is C11H13FN2O. The molecular weight excluding hydrogens is 195 g/mol. The van der Waals surface area contributed by atoms with Gasteiger partial charge in [-0.1, -0.05) is 6.08 Å². The number of methoxy groups -OCH3 is 1. The summed E-state index contributed by atoms with van der Waals surface area (Å²) in [5.74, 6) is -0.359. The highest BCUT2D eigenvalue weighted by molar-refractivity contribution is 5.66. The van der Waals surface area contributed by atoms with E-state index in [1.54, 1.807) is 6.20 Å². The van der Waals surface area contributed by atoms with Crippen LogP contribution in [0.2, 0.25) is 0 Å². The lowest BCUT2D eigenvalue weighted by Crippen LogP contribution is -2.20. The predicted molar refractivity (Wildman–Crippen MR) is 56.2 cm³/mol. The first-order valence-electron chi connectivity index (χ1n) is 4.91. The van der Waals surface area contributed by atoms with Gasteiger partial charge < -0.3 is 10.1 Å². The second-order valence-corrected chi connectivity index (χ2v) is 3.40. The molecule has 1 aromatic heterocycles. The molecule has 80 valence electrons. The van der Waals surface area contributed by atoms with E-state index < -0.39 is 5.82 Å². The Morgan fingerprint density at radius 3 is 3.00 bits per heavy atom. The van der Waals surface area contributed by atoms with Crippen molar-refractivity contribution in [3.63, 3.8) is 0 Å². The van der Waals surface area contributed by atoms with Gasteiger partial charge in [-0.15, -0.1) is 0 Å². The van der Waals surface area contributed by atoms with Crippen LogP contribution in [0.15, 0.2) is 18.3 Å². The van der Waals surface area contributed by atoms with Crippen LogP contribution in [-0.4, -0.2) is 25.2 Å². The zero-order chi connectivity index (χ0) is 10.7. The Morgan fingerprint density at radius 2 is 2.40 bits per heavy atom. The van der Waals surface area contributed by atoms with E-state index in [1.807, 2.05) is 0 Å². The lowest BCUT2D eigenvalue weighted by Gasteiger charge is -2.14. The SMILES string of the molecule is COc1ncc(C2=CCNCC2)cc1F. The van der Waals surface area contributed by atoms with E-state index in [0.29, 0.717) is 0 Å². The molecule has 0 radical (unpaired) electrons. The Kier molecular flexibility index (Phi) is 2.97. The van der Waals surface area contributed by atoms with E-state index in [9.17, 15) is 4.39 Å². The van der Waals surface area contributed by atoms with E-state index in [0.717, 1.165) is 30.6 Å². The molecule has 0 aliphatic carbocycles. The molecule has 0 bridgehead atoms. The van der Waals surface area contributed by atoms with Crippen LogP contribution in [0, 0.1) is 5.82 Å². The van der Waals surface area contributed by atoms with Crippen LogP contribution in [-0.2, 0) is 0 Å². The maximum atomic E-state index is 13.4. The summed E-state index contributed by atoms with van der Waals surface area (Å²) in [6.07, 6.45) is 4.62. The molecule has 0 amide bonds. The maximum Gasteiger partial charge on any atom is 0.250 e. The summed E-state index contributed by atoms with van der Waals surface area (Å²) in [5.41, 5.74) is 1.98. The third-order valence-corrected chi connectivity index (χ3v) is 2.44. The van der Waals surface area contributed by atoms with Crippen molar-refractivity contribution in [1.82, 2.24) is 10.3 Å². The van der Waals surface area contributed by atoms with Gasteiger partial charge in [-0.3, -0.25) is 0 Å². The zero-order valence-electron chi connectivity index (χ0n) is 8.59. The maximum absolute atomic E-state index is 13.4. The summed E-state index contributed by atoms with van der Waals surface area (Å²) in [5, 5.41) is 3.21. The molecule has 0 saturated carbocycles. The van der Waals surface area contributed by atoms with E-state index in [2.05, 4.69) is 16.4 Å². The molecule has 0 spiro atoms. The quantitative estimate of drug-likeness (QED) is 0.801. The molecule has 1 aliphatic rings. The van der Waals surface area contributed by atoms with Crippen molar-refractivity contribution < 1.29 is 9.13 Å². The average molecular weight is 208 g/mol. The highest BCUT2D eigenvalue weighted by Gasteiger charge is 2.10. The fourth-order valence-electron chi connectivity index (χ4n) is 1.64. The van der Waals surface area contributed by atoms with Crippen molar-refractivity contribution in [2.45, 2.75) is 6.42 Å².